The summed E-state index contributed by atoms with van der Waals surface area (Å²) < 4.78 is 6.71. The third kappa shape index (κ3) is 2.41. The third-order valence-electron chi connectivity index (χ3n) is 14.1. The zero-order valence-electron chi connectivity index (χ0n) is 22.1. The van der Waals surface area contributed by atoms with Gasteiger partial charge in [0.25, 0.3) is 0 Å². The highest BCUT2D eigenvalue weighted by Crippen LogP contribution is 2.78. The van der Waals surface area contributed by atoms with Crippen LogP contribution in [0.15, 0.2) is 0 Å². The smallest absolute Gasteiger partial charge is 0.0663 e. The van der Waals surface area contributed by atoms with E-state index in [2.05, 4.69) is 48.5 Å². The SMILES string of the molecule is CC1(C)CC[C@@]23CC[C@]4(C)[C@@H](CC[C@H]5[C@@]6(C)CC[C@H](O)C(C)(C)[C@@H]6CC[C@]54C)[C@@H]2[C@@H]1OC3. The van der Waals surface area contributed by atoms with E-state index in [0.717, 1.165) is 30.8 Å². The van der Waals surface area contributed by atoms with E-state index in [0.29, 0.717) is 39.1 Å². The Morgan fingerprint density at radius 3 is 2.16 bits per heavy atom. The summed E-state index contributed by atoms with van der Waals surface area (Å²) in [6, 6.07) is 0. The van der Waals surface area contributed by atoms with E-state index < -0.39 is 0 Å². The molecule has 0 radical (unpaired) electrons. The van der Waals surface area contributed by atoms with Crippen LogP contribution >= 0.6 is 0 Å². The van der Waals surface area contributed by atoms with Crippen LogP contribution in [0, 0.1) is 56.2 Å². The molecule has 6 aliphatic rings. The van der Waals surface area contributed by atoms with Gasteiger partial charge in [-0.2, -0.15) is 0 Å². The van der Waals surface area contributed by atoms with Gasteiger partial charge in [0.1, 0.15) is 0 Å². The second-order valence-electron chi connectivity index (χ2n) is 15.7. The summed E-state index contributed by atoms with van der Waals surface area (Å²) in [5.74, 6) is 3.11. The Bertz CT molecular complexity index is 801. The van der Waals surface area contributed by atoms with Crippen LogP contribution < -0.4 is 0 Å². The van der Waals surface area contributed by atoms with E-state index in [1.165, 1.54) is 57.8 Å². The van der Waals surface area contributed by atoms with E-state index in [-0.39, 0.29) is 11.5 Å². The second-order valence-corrected chi connectivity index (χ2v) is 15.7. The van der Waals surface area contributed by atoms with E-state index in [1.54, 1.807) is 0 Å². The second kappa shape index (κ2) is 6.37. The Balaban J connectivity index is 1.39. The minimum absolute atomic E-state index is 0.0586. The molecular weight excluding hydrogens is 392 g/mol. The monoisotopic (exact) mass is 442 g/mol. The Kier molecular flexibility index (Phi) is 4.46. The van der Waals surface area contributed by atoms with Gasteiger partial charge in [-0.1, -0.05) is 48.5 Å². The van der Waals surface area contributed by atoms with Gasteiger partial charge in [0.2, 0.25) is 0 Å². The quantitative estimate of drug-likeness (QED) is 0.428. The molecule has 5 saturated carbocycles. The van der Waals surface area contributed by atoms with Crippen LogP contribution in [0.4, 0.5) is 0 Å². The van der Waals surface area contributed by atoms with Gasteiger partial charge in [-0.3, -0.25) is 0 Å². The molecule has 0 aromatic rings. The number of hydrogen-bond acceptors (Lipinski definition) is 2. The van der Waals surface area contributed by atoms with Crippen molar-refractivity contribution in [3.05, 3.63) is 0 Å². The average molecular weight is 443 g/mol. The third-order valence-corrected chi connectivity index (χ3v) is 14.1. The molecule has 0 aromatic heterocycles. The molecule has 1 saturated heterocycles. The van der Waals surface area contributed by atoms with E-state index >= 15 is 0 Å². The van der Waals surface area contributed by atoms with Crippen molar-refractivity contribution in [1.29, 1.82) is 0 Å². The van der Waals surface area contributed by atoms with Crippen molar-refractivity contribution >= 4 is 0 Å². The summed E-state index contributed by atoms with van der Waals surface area (Å²) in [4.78, 5) is 0. The van der Waals surface area contributed by atoms with Crippen molar-refractivity contribution in [2.24, 2.45) is 56.2 Å². The highest BCUT2D eigenvalue weighted by Gasteiger charge is 2.72. The summed E-state index contributed by atoms with van der Waals surface area (Å²) in [5.41, 5.74) is 2.16. The fourth-order valence-electron chi connectivity index (χ4n) is 12.0. The largest absolute Gasteiger partial charge is 0.393 e. The lowest BCUT2D eigenvalue weighted by atomic mass is 9.31. The minimum Gasteiger partial charge on any atom is -0.393 e. The van der Waals surface area contributed by atoms with Crippen molar-refractivity contribution in [2.45, 2.75) is 125 Å². The molecule has 2 nitrogen and oxygen atoms in total. The van der Waals surface area contributed by atoms with Crippen LogP contribution in [0.2, 0.25) is 0 Å². The predicted octanol–water partition coefficient (Wildman–Crippen LogP) is 7.24. The zero-order valence-corrected chi connectivity index (χ0v) is 22.1. The van der Waals surface area contributed by atoms with Crippen LogP contribution in [-0.2, 0) is 4.74 Å². The Labute approximate surface area is 197 Å². The molecule has 6 rings (SSSR count). The molecular formula is C30H50O2. The normalized spacial score (nSPS) is 60.0. The first kappa shape index (κ1) is 22.4. The number of rotatable bonds is 0. The van der Waals surface area contributed by atoms with Gasteiger partial charge in [0, 0.05) is 0 Å². The Morgan fingerprint density at radius 1 is 0.688 bits per heavy atom. The molecule has 32 heavy (non-hydrogen) atoms. The van der Waals surface area contributed by atoms with Gasteiger partial charge in [-0.25, -0.2) is 0 Å². The number of aliphatic hydroxyl groups is 1. The topological polar surface area (TPSA) is 29.5 Å². The van der Waals surface area contributed by atoms with Gasteiger partial charge in [0.05, 0.1) is 18.8 Å². The molecule has 2 heteroatoms. The van der Waals surface area contributed by atoms with Crippen LogP contribution in [0.3, 0.4) is 0 Å². The molecule has 182 valence electrons. The molecule has 1 heterocycles. The zero-order chi connectivity index (χ0) is 22.9. The summed E-state index contributed by atoms with van der Waals surface area (Å²) >= 11 is 0. The molecule has 0 spiro atoms. The highest BCUT2D eigenvalue weighted by molar-refractivity contribution is 5.21. The van der Waals surface area contributed by atoms with E-state index in [1.807, 2.05) is 0 Å². The van der Waals surface area contributed by atoms with Gasteiger partial charge in [-0.15, -0.1) is 0 Å². The van der Waals surface area contributed by atoms with Crippen LogP contribution in [-0.4, -0.2) is 23.9 Å². The van der Waals surface area contributed by atoms with Gasteiger partial charge in [0.15, 0.2) is 0 Å². The van der Waals surface area contributed by atoms with Crippen LogP contribution in [0.1, 0.15) is 113 Å². The molecule has 0 aromatic carbocycles. The van der Waals surface area contributed by atoms with E-state index in [4.69, 9.17) is 4.74 Å². The van der Waals surface area contributed by atoms with Crippen molar-refractivity contribution in [3.63, 3.8) is 0 Å². The maximum Gasteiger partial charge on any atom is 0.0663 e. The predicted molar refractivity (Wildman–Crippen MR) is 130 cm³/mol. The van der Waals surface area contributed by atoms with Gasteiger partial charge < -0.3 is 9.84 Å². The maximum absolute atomic E-state index is 10.9. The maximum atomic E-state index is 10.9. The van der Waals surface area contributed by atoms with Crippen molar-refractivity contribution in [2.75, 3.05) is 6.61 Å². The van der Waals surface area contributed by atoms with Crippen molar-refractivity contribution in [3.8, 4) is 0 Å². The lowest BCUT2D eigenvalue weighted by molar-refractivity contribution is -0.252. The lowest BCUT2D eigenvalue weighted by Gasteiger charge is -2.73. The fraction of sp³-hybridized carbons (Fsp3) is 1.00. The average Bonchev–Trinajstić information content (AvgIpc) is 3.05. The fourth-order valence-corrected chi connectivity index (χ4v) is 12.0. The molecule has 5 aliphatic carbocycles. The van der Waals surface area contributed by atoms with Gasteiger partial charge >= 0.3 is 0 Å². The minimum atomic E-state index is -0.122. The summed E-state index contributed by atoms with van der Waals surface area (Å²) in [6.07, 6.45) is 13.7. The standard InChI is InChI=1S/C30H50O2/c1-25(2)14-16-30-17-15-28(6)19(23(30)24(25)32-18-30)8-9-21-27(5)12-11-22(31)26(3,4)20(27)10-13-29(21,28)7/h19-24,31H,8-18H2,1-7H3/t19-,20-,21-,22-,23+,24-,27-,28+,29+,30-/m0/s1. The van der Waals surface area contributed by atoms with Crippen LogP contribution in [0.5, 0.6) is 0 Å². The molecule has 6 fully saturated rings. The summed E-state index contributed by atoms with van der Waals surface area (Å²) in [7, 11) is 0. The number of aliphatic hydroxyl groups excluding tert-OH is 1. The molecule has 1 N–H and O–H groups in total. The first-order valence-corrected chi connectivity index (χ1v) is 14.1. The molecule has 1 aliphatic heterocycles. The molecule has 0 amide bonds. The van der Waals surface area contributed by atoms with Crippen molar-refractivity contribution < 1.29 is 9.84 Å². The van der Waals surface area contributed by atoms with Gasteiger partial charge in [-0.05, 0) is 120 Å². The van der Waals surface area contributed by atoms with Crippen molar-refractivity contribution in [1.82, 2.24) is 0 Å². The summed E-state index contributed by atoms with van der Waals surface area (Å²) in [6.45, 7) is 18.9. The Hall–Kier alpha value is -0.0800. The lowest BCUT2D eigenvalue weighted by Crippen LogP contribution is -2.67. The summed E-state index contributed by atoms with van der Waals surface area (Å²) in [5, 5.41) is 10.9. The first-order valence-electron chi connectivity index (χ1n) is 14.1. The molecule has 0 unspecified atom stereocenters. The van der Waals surface area contributed by atoms with Crippen LogP contribution in [0.25, 0.3) is 0 Å². The first-order chi connectivity index (χ1) is 14.8. The number of fused-ring (bicyclic) bond motifs is 5. The Morgan fingerprint density at radius 2 is 1.41 bits per heavy atom. The molecule has 2 bridgehead atoms. The molecule has 10 atom stereocenters. The van der Waals surface area contributed by atoms with E-state index in [9.17, 15) is 5.11 Å². The number of ether oxygens (including phenoxy) is 1. The number of hydrogen-bond donors (Lipinski definition) is 1. The highest BCUT2D eigenvalue weighted by atomic mass is 16.5.